The first kappa shape index (κ1) is 37.8. The number of aromatic nitrogens is 3. The number of carboxylic acid groups (broad SMARTS) is 3. The van der Waals surface area contributed by atoms with Crippen LogP contribution in [0, 0.1) is 0 Å². The van der Waals surface area contributed by atoms with E-state index in [1.165, 1.54) is 6.33 Å². The van der Waals surface area contributed by atoms with Crippen molar-refractivity contribution in [2.45, 2.75) is 43.6 Å². The van der Waals surface area contributed by atoms with Gasteiger partial charge in [-0.25, -0.2) is 24.4 Å². The Balaban J connectivity index is 0.000000379. The zero-order valence-electron chi connectivity index (χ0n) is 22.1. The van der Waals surface area contributed by atoms with E-state index in [1.807, 2.05) is 12.3 Å². The van der Waals surface area contributed by atoms with Crippen LogP contribution in [-0.2, 0) is 20.9 Å². The molecule has 2 atom stereocenters. The van der Waals surface area contributed by atoms with Gasteiger partial charge < -0.3 is 20.1 Å². The van der Waals surface area contributed by atoms with Gasteiger partial charge in [0.1, 0.15) is 12.4 Å². The molecule has 2 aromatic rings. The van der Waals surface area contributed by atoms with E-state index in [9.17, 15) is 39.5 Å². The molecule has 2 fully saturated rings. The van der Waals surface area contributed by atoms with Crippen molar-refractivity contribution >= 4 is 17.9 Å². The molecule has 0 bridgehead atoms. The number of pyridine rings is 1. The van der Waals surface area contributed by atoms with E-state index < -0.39 is 36.4 Å². The standard InChI is InChI=1S/C17H21N5O.3C2HF3O2/c1-2-4-20-14(3-1)10-21-5-6-22-12-16(7-15(22)11-21)23-17-8-18-13-19-9-17;3*3-2(4,5)1(6)7/h1-4,8-9,13,15-16H,5-7,10-12H2;3*(H,6,7). The van der Waals surface area contributed by atoms with E-state index in [1.54, 1.807) is 12.4 Å². The average molecular weight is 653 g/mol. The van der Waals surface area contributed by atoms with Crippen LogP contribution in [-0.4, -0.2) is 115 Å². The third kappa shape index (κ3) is 14.8. The number of hydrogen-bond donors (Lipinski definition) is 3. The van der Waals surface area contributed by atoms with Crippen molar-refractivity contribution < 1.29 is 74.0 Å². The van der Waals surface area contributed by atoms with E-state index in [0.717, 1.165) is 50.6 Å². The van der Waals surface area contributed by atoms with E-state index in [0.29, 0.717) is 6.04 Å². The van der Waals surface area contributed by atoms with E-state index in [-0.39, 0.29) is 6.10 Å². The molecule has 4 heterocycles. The van der Waals surface area contributed by atoms with Gasteiger partial charge in [-0.05, 0) is 12.1 Å². The number of rotatable bonds is 4. The van der Waals surface area contributed by atoms with Crippen LogP contribution in [0.5, 0.6) is 5.75 Å². The molecule has 2 unspecified atom stereocenters. The number of carboxylic acids is 3. The molecule has 0 amide bonds. The summed E-state index contributed by atoms with van der Waals surface area (Å²) in [4.78, 5) is 44.2. The smallest absolute Gasteiger partial charge is 0.486 e. The van der Waals surface area contributed by atoms with Gasteiger partial charge in [-0.2, -0.15) is 39.5 Å². The van der Waals surface area contributed by atoms with Gasteiger partial charge in [0, 0.05) is 51.4 Å². The summed E-state index contributed by atoms with van der Waals surface area (Å²) >= 11 is 0. The Kier molecular flexibility index (Phi) is 14.2. The second-order valence-corrected chi connectivity index (χ2v) is 8.66. The fraction of sp³-hybridized carbons (Fsp3) is 0.478. The fourth-order valence-corrected chi connectivity index (χ4v) is 3.55. The van der Waals surface area contributed by atoms with Crippen LogP contribution >= 0.6 is 0 Å². The molecule has 0 aliphatic carbocycles. The van der Waals surface area contributed by atoms with Crippen LogP contribution in [0.2, 0.25) is 0 Å². The monoisotopic (exact) mass is 653 g/mol. The van der Waals surface area contributed by atoms with Gasteiger partial charge in [0.15, 0.2) is 5.75 Å². The Bertz CT molecular complexity index is 1090. The largest absolute Gasteiger partial charge is 0.490 e. The van der Waals surface area contributed by atoms with Gasteiger partial charge in [0.05, 0.1) is 18.1 Å². The first-order chi connectivity index (χ1) is 20.2. The van der Waals surface area contributed by atoms with Crippen molar-refractivity contribution in [3.63, 3.8) is 0 Å². The number of fused-ring (bicyclic) bond motifs is 1. The first-order valence-corrected chi connectivity index (χ1v) is 11.9. The van der Waals surface area contributed by atoms with Gasteiger partial charge >= 0.3 is 36.4 Å². The zero-order chi connectivity index (χ0) is 33.7. The quantitative estimate of drug-likeness (QED) is 0.414. The Morgan fingerprint density at radius 1 is 0.818 bits per heavy atom. The molecule has 44 heavy (non-hydrogen) atoms. The van der Waals surface area contributed by atoms with Crippen LogP contribution in [0.25, 0.3) is 0 Å². The van der Waals surface area contributed by atoms with Crippen molar-refractivity contribution in [3.8, 4) is 5.75 Å². The molecule has 0 aromatic carbocycles. The van der Waals surface area contributed by atoms with Crippen LogP contribution < -0.4 is 4.74 Å². The molecule has 246 valence electrons. The topological polar surface area (TPSA) is 166 Å². The Morgan fingerprint density at radius 2 is 1.32 bits per heavy atom. The molecule has 2 aliphatic heterocycles. The van der Waals surface area contributed by atoms with Crippen LogP contribution in [0.15, 0.2) is 43.1 Å². The number of nitrogens with zero attached hydrogens (tertiary/aromatic N) is 5. The summed E-state index contributed by atoms with van der Waals surface area (Å²) in [5, 5.41) is 21.4. The SMILES string of the molecule is O=C(O)C(F)(F)F.O=C(O)C(F)(F)F.O=C(O)C(F)(F)F.c1ccc(CN2CCN3CC(Oc4cncnc4)CC3C2)nc1. The van der Waals surface area contributed by atoms with E-state index in [2.05, 4.69) is 36.9 Å². The molecular formula is C23H24F9N5O7. The third-order valence-corrected chi connectivity index (χ3v) is 5.34. The summed E-state index contributed by atoms with van der Waals surface area (Å²) in [6.45, 7) is 5.21. The molecule has 4 rings (SSSR count). The third-order valence-electron chi connectivity index (χ3n) is 5.34. The molecule has 0 spiro atoms. The minimum Gasteiger partial charge on any atom is -0.486 e. The predicted octanol–water partition coefficient (Wildman–Crippen LogP) is 3.11. The number of ether oxygens (including phenoxy) is 1. The van der Waals surface area contributed by atoms with Crippen LogP contribution in [0.4, 0.5) is 39.5 Å². The zero-order valence-corrected chi connectivity index (χ0v) is 22.1. The molecule has 2 saturated heterocycles. The summed E-state index contributed by atoms with van der Waals surface area (Å²) in [5.74, 6) is -7.50. The fourth-order valence-electron chi connectivity index (χ4n) is 3.55. The van der Waals surface area contributed by atoms with E-state index >= 15 is 0 Å². The first-order valence-electron chi connectivity index (χ1n) is 11.9. The van der Waals surface area contributed by atoms with Crippen LogP contribution in [0.3, 0.4) is 0 Å². The minimum atomic E-state index is -5.08. The Hall–Kier alpha value is -4.27. The number of hydrogen-bond acceptors (Lipinski definition) is 9. The second-order valence-electron chi connectivity index (χ2n) is 8.66. The number of piperazine rings is 1. The number of carbonyl (C=O) groups is 3. The van der Waals surface area contributed by atoms with Crippen LogP contribution in [0.1, 0.15) is 12.1 Å². The van der Waals surface area contributed by atoms with Gasteiger partial charge in [0.2, 0.25) is 0 Å². The lowest BCUT2D eigenvalue weighted by atomic mass is 10.1. The normalized spacial score (nSPS) is 18.6. The highest BCUT2D eigenvalue weighted by molar-refractivity contribution is 5.73. The molecule has 0 radical (unpaired) electrons. The highest BCUT2D eigenvalue weighted by Crippen LogP contribution is 2.26. The van der Waals surface area contributed by atoms with Crippen molar-refractivity contribution in [2.24, 2.45) is 0 Å². The maximum Gasteiger partial charge on any atom is 0.490 e. The molecule has 12 nitrogen and oxygen atoms in total. The maximum absolute atomic E-state index is 10.6. The Labute approximate surface area is 241 Å². The minimum absolute atomic E-state index is 0.237. The van der Waals surface area contributed by atoms with E-state index in [4.69, 9.17) is 34.4 Å². The lowest BCUT2D eigenvalue weighted by Crippen LogP contribution is -2.49. The van der Waals surface area contributed by atoms with Crippen molar-refractivity contribution in [1.29, 1.82) is 0 Å². The summed E-state index contributed by atoms with van der Waals surface area (Å²) < 4.78 is 101. The van der Waals surface area contributed by atoms with Crippen molar-refractivity contribution in [3.05, 3.63) is 48.8 Å². The molecule has 2 aromatic heterocycles. The lowest BCUT2D eigenvalue weighted by Gasteiger charge is -2.36. The molecule has 2 aliphatic rings. The summed E-state index contributed by atoms with van der Waals surface area (Å²) in [6, 6.07) is 6.69. The number of aliphatic carboxylic acids is 3. The average Bonchev–Trinajstić information content (AvgIpc) is 3.31. The molecule has 0 saturated carbocycles. The molecular weight excluding hydrogens is 629 g/mol. The predicted molar refractivity (Wildman–Crippen MR) is 127 cm³/mol. The van der Waals surface area contributed by atoms with Crippen molar-refractivity contribution in [2.75, 3.05) is 26.2 Å². The number of halogens is 9. The molecule has 21 heteroatoms. The summed E-state index contributed by atoms with van der Waals surface area (Å²) in [5.41, 5.74) is 1.15. The highest BCUT2D eigenvalue weighted by Gasteiger charge is 2.40. The second kappa shape index (κ2) is 16.5. The maximum atomic E-state index is 10.6. The highest BCUT2D eigenvalue weighted by atomic mass is 19.4. The van der Waals surface area contributed by atoms with Gasteiger partial charge in [-0.1, -0.05) is 6.07 Å². The summed E-state index contributed by atoms with van der Waals surface area (Å²) in [7, 11) is 0. The molecule has 3 N–H and O–H groups in total. The van der Waals surface area contributed by atoms with Gasteiger partial charge in [0.25, 0.3) is 0 Å². The number of alkyl halides is 9. The Morgan fingerprint density at radius 3 is 1.75 bits per heavy atom. The summed E-state index contributed by atoms with van der Waals surface area (Å²) in [6.07, 6.45) is -7.09. The van der Waals surface area contributed by atoms with Gasteiger partial charge in [-0.3, -0.25) is 14.8 Å². The van der Waals surface area contributed by atoms with Gasteiger partial charge in [-0.15, -0.1) is 0 Å². The van der Waals surface area contributed by atoms with Crippen molar-refractivity contribution in [1.82, 2.24) is 24.8 Å². The lowest BCUT2D eigenvalue weighted by molar-refractivity contribution is -0.193.